The molecule has 0 spiro atoms. The highest BCUT2D eigenvalue weighted by molar-refractivity contribution is 6.06. The van der Waals surface area contributed by atoms with Gasteiger partial charge in [-0.05, 0) is 56.0 Å². The summed E-state index contributed by atoms with van der Waals surface area (Å²) < 4.78 is 4.73. The van der Waals surface area contributed by atoms with Gasteiger partial charge in [0.15, 0.2) is 0 Å². The van der Waals surface area contributed by atoms with Gasteiger partial charge >= 0.3 is 5.97 Å². The van der Waals surface area contributed by atoms with E-state index in [4.69, 9.17) is 10.5 Å². The summed E-state index contributed by atoms with van der Waals surface area (Å²) >= 11 is 0. The van der Waals surface area contributed by atoms with Crippen molar-refractivity contribution in [3.8, 4) is 0 Å². The van der Waals surface area contributed by atoms with Gasteiger partial charge < -0.3 is 25.7 Å². The summed E-state index contributed by atoms with van der Waals surface area (Å²) in [7, 11) is 1.33. The van der Waals surface area contributed by atoms with Crippen LogP contribution in [0.2, 0.25) is 0 Å². The minimum atomic E-state index is -0.529. The monoisotopic (exact) mass is 447 g/mol. The number of fused-ring (bicyclic) bond motifs is 3. The van der Waals surface area contributed by atoms with Gasteiger partial charge in [0.25, 0.3) is 11.8 Å². The molecule has 2 amide bonds. The highest BCUT2D eigenvalue weighted by atomic mass is 16.5. The number of amides is 2. The first kappa shape index (κ1) is 21.0. The Morgan fingerprint density at radius 3 is 2.39 bits per heavy atom. The molecule has 2 aromatic heterocycles. The number of carbonyl (C=O) groups excluding carboxylic acids is 3. The van der Waals surface area contributed by atoms with Crippen LogP contribution in [0.15, 0.2) is 42.7 Å². The number of H-pyrrole nitrogens is 1. The number of nitrogens with two attached hydrogens (primary N) is 1. The summed E-state index contributed by atoms with van der Waals surface area (Å²) in [4.78, 5) is 46.3. The van der Waals surface area contributed by atoms with Crippen LogP contribution in [0.4, 0.5) is 5.69 Å². The highest BCUT2D eigenvalue weighted by Gasteiger charge is 2.43. The van der Waals surface area contributed by atoms with E-state index in [1.54, 1.807) is 30.5 Å². The molecule has 0 aliphatic carbocycles. The molecule has 2 fully saturated rings. The van der Waals surface area contributed by atoms with Crippen LogP contribution in [0.1, 0.15) is 56.8 Å². The Hall–Kier alpha value is -3.88. The van der Waals surface area contributed by atoms with Crippen LogP contribution in [0.3, 0.4) is 0 Å². The third-order valence-corrected chi connectivity index (χ3v) is 6.72. The smallest absolute Gasteiger partial charge is 0.337 e. The molecule has 1 unspecified atom stereocenters. The summed E-state index contributed by atoms with van der Waals surface area (Å²) in [5.74, 6) is -0.977. The first-order valence-electron chi connectivity index (χ1n) is 11.0. The first-order chi connectivity index (χ1) is 16.0. The van der Waals surface area contributed by atoms with Crippen LogP contribution < -0.4 is 11.1 Å². The van der Waals surface area contributed by atoms with E-state index in [2.05, 4.69) is 15.3 Å². The van der Waals surface area contributed by atoms with E-state index in [0.717, 1.165) is 31.1 Å². The van der Waals surface area contributed by atoms with E-state index in [9.17, 15) is 14.4 Å². The molecule has 3 aromatic rings. The number of benzene rings is 1. The second-order valence-electron chi connectivity index (χ2n) is 8.63. The van der Waals surface area contributed by atoms with Crippen LogP contribution in [-0.2, 0) is 4.74 Å². The molecule has 1 aromatic carbocycles. The predicted molar refractivity (Wildman–Crippen MR) is 122 cm³/mol. The summed E-state index contributed by atoms with van der Waals surface area (Å²) in [6, 6.07) is 8.78. The number of methoxy groups -OCH3 is 1. The zero-order valence-corrected chi connectivity index (χ0v) is 18.2. The van der Waals surface area contributed by atoms with E-state index in [1.165, 1.54) is 13.3 Å². The Morgan fingerprint density at radius 1 is 1.09 bits per heavy atom. The fourth-order valence-electron chi connectivity index (χ4n) is 5.20. The lowest BCUT2D eigenvalue weighted by molar-refractivity contribution is 0.0575. The maximum Gasteiger partial charge on any atom is 0.337 e. The predicted octanol–water partition coefficient (Wildman–Crippen LogP) is 2.70. The minimum Gasteiger partial charge on any atom is -0.465 e. The average molecular weight is 447 g/mol. The molecule has 2 aliphatic rings. The van der Waals surface area contributed by atoms with Gasteiger partial charge in [0.1, 0.15) is 5.65 Å². The first-order valence-corrected chi connectivity index (χ1v) is 11.0. The van der Waals surface area contributed by atoms with Crippen molar-refractivity contribution in [3.05, 3.63) is 59.4 Å². The van der Waals surface area contributed by atoms with Crippen molar-refractivity contribution >= 4 is 34.5 Å². The topological polar surface area (TPSA) is 130 Å². The number of hydrogen-bond donors (Lipinski definition) is 3. The number of pyridine rings is 1. The number of ether oxygens (including phenoxy) is 1. The third kappa shape index (κ3) is 3.69. The number of hydrogen-bond acceptors (Lipinski definition) is 6. The molecule has 2 bridgehead atoms. The number of piperidine rings is 1. The second kappa shape index (κ2) is 8.23. The molecule has 4 heterocycles. The lowest BCUT2D eigenvalue weighted by Gasteiger charge is -2.40. The number of anilines is 1. The fraction of sp³-hybridized carbons (Fsp3) is 0.333. The van der Waals surface area contributed by atoms with E-state index in [-0.39, 0.29) is 24.0 Å². The average Bonchev–Trinajstić information content (AvgIpc) is 3.40. The van der Waals surface area contributed by atoms with Crippen molar-refractivity contribution in [2.45, 2.75) is 43.8 Å². The molecular formula is C24H25N5O4. The minimum absolute atomic E-state index is 0.0212. The molecule has 2 aliphatic heterocycles. The molecular weight excluding hydrogens is 422 g/mol. The van der Waals surface area contributed by atoms with E-state index >= 15 is 0 Å². The normalized spacial score (nSPS) is 21.7. The Bertz CT molecular complexity index is 1220. The lowest BCUT2D eigenvalue weighted by atomic mass is 9.95. The van der Waals surface area contributed by atoms with Crippen molar-refractivity contribution in [2.24, 2.45) is 5.73 Å². The van der Waals surface area contributed by atoms with E-state index in [1.807, 2.05) is 11.0 Å². The Balaban J connectivity index is 1.34. The molecule has 9 heteroatoms. The molecule has 3 atom stereocenters. The summed E-state index contributed by atoms with van der Waals surface area (Å²) in [6.45, 7) is 0. The molecule has 0 saturated carbocycles. The number of aromatic amines is 1. The van der Waals surface area contributed by atoms with Gasteiger partial charge in [-0.25, -0.2) is 9.78 Å². The Kier molecular flexibility index (Phi) is 5.24. The SMILES string of the molecule is COC(=O)c1ccc(C(=O)N2[C@@H]3CC[C@H]2CC(Nc2c(C(N)=O)cnc4[nH]ccc24)C3)cc1. The maximum absolute atomic E-state index is 13.3. The summed E-state index contributed by atoms with van der Waals surface area (Å²) in [5.41, 5.74) is 8.31. The van der Waals surface area contributed by atoms with E-state index in [0.29, 0.717) is 28.0 Å². The number of esters is 1. The number of nitrogens with one attached hydrogen (secondary N) is 2. The molecule has 9 nitrogen and oxygen atoms in total. The van der Waals surface area contributed by atoms with Crippen LogP contribution in [0.5, 0.6) is 0 Å². The van der Waals surface area contributed by atoms with Gasteiger partial charge in [-0.3, -0.25) is 9.59 Å². The largest absolute Gasteiger partial charge is 0.465 e. The molecule has 2 saturated heterocycles. The Morgan fingerprint density at radius 2 is 1.76 bits per heavy atom. The lowest BCUT2D eigenvalue weighted by Crippen LogP contribution is -2.49. The van der Waals surface area contributed by atoms with Gasteiger partial charge in [-0.15, -0.1) is 0 Å². The fourth-order valence-corrected chi connectivity index (χ4v) is 5.20. The van der Waals surface area contributed by atoms with Crippen molar-refractivity contribution in [1.82, 2.24) is 14.9 Å². The van der Waals surface area contributed by atoms with Gasteiger partial charge in [-0.1, -0.05) is 0 Å². The molecule has 33 heavy (non-hydrogen) atoms. The summed E-state index contributed by atoms with van der Waals surface area (Å²) in [5, 5.41) is 4.36. The van der Waals surface area contributed by atoms with Crippen molar-refractivity contribution in [2.75, 3.05) is 12.4 Å². The van der Waals surface area contributed by atoms with Gasteiger partial charge in [0.05, 0.1) is 23.9 Å². The van der Waals surface area contributed by atoms with Gasteiger partial charge in [0.2, 0.25) is 0 Å². The van der Waals surface area contributed by atoms with Crippen molar-refractivity contribution in [1.29, 1.82) is 0 Å². The quantitative estimate of drug-likeness (QED) is 0.516. The molecule has 4 N–H and O–H groups in total. The van der Waals surface area contributed by atoms with Crippen LogP contribution in [0.25, 0.3) is 11.0 Å². The zero-order chi connectivity index (χ0) is 23.1. The number of aromatic nitrogens is 2. The zero-order valence-electron chi connectivity index (χ0n) is 18.2. The number of nitrogens with zero attached hydrogens (tertiary/aromatic N) is 2. The standard InChI is InChI=1S/C24H25N5O4/c1-33-24(32)14-4-2-13(3-5-14)23(31)29-16-6-7-17(29)11-15(10-16)28-20-18-8-9-26-22(18)27-12-19(20)21(25)30/h2-5,8-9,12,15-17H,6-7,10-11H2,1H3,(H2,25,30)(H2,26,27,28)/t15?,16-,17+. The molecule has 170 valence electrons. The van der Waals surface area contributed by atoms with Crippen LogP contribution >= 0.6 is 0 Å². The second-order valence-corrected chi connectivity index (χ2v) is 8.63. The van der Waals surface area contributed by atoms with Gasteiger partial charge in [0, 0.05) is 41.5 Å². The highest BCUT2D eigenvalue weighted by Crippen LogP contribution is 2.39. The number of carbonyl (C=O) groups is 3. The van der Waals surface area contributed by atoms with E-state index < -0.39 is 11.9 Å². The van der Waals surface area contributed by atoms with Gasteiger partial charge in [-0.2, -0.15) is 0 Å². The molecule has 0 radical (unpaired) electrons. The maximum atomic E-state index is 13.3. The summed E-state index contributed by atoms with van der Waals surface area (Å²) in [6.07, 6.45) is 6.70. The molecule has 5 rings (SSSR count). The number of rotatable bonds is 5. The Labute approximate surface area is 190 Å². The third-order valence-electron chi connectivity index (χ3n) is 6.72. The van der Waals surface area contributed by atoms with Crippen molar-refractivity contribution < 1.29 is 19.1 Å². The van der Waals surface area contributed by atoms with Crippen LogP contribution in [-0.4, -0.2) is 57.9 Å². The van der Waals surface area contributed by atoms with Crippen LogP contribution in [0, 0.1) is 0 Å². The number of primary amides is 1. The van der Waals surface area contributed by atoms with Crippen molar-refractivity contribution in [3.63, 3.8) is 0 Å².